The highest BCUT2D eigenvalue weighted by atomic mass is 15.1. The first kappa shape index (κ1) is 11.2. The number of hydrogen-bond donors (Lipinski definition) is 3. The number of nitrogen functional groups attached to an aromatic ring is 2. The first-order valence-electron chi connectivity index (χ1n) is 5.44. The van der Waals surface area contributed by atoms with Crippen LogP contribution in [-0.2, 0) is 6.42 Å². The van der Waals surface area contributed by atoms with Gasteiger partial charge in [-0.15, -0.1) is 0 Å². The van der Waals surface area contributed by atoms with E-state index in [2.05, 4.69) is 28.3 Å². The van der Waals surface area contributed by atoms with Gasteiger partial charge < -0.3 is 16.8 Å². The number of rotatable bonds is 3. The Morgan fingerprint density at radius 2 is 1.94 bits per heavy atom. The lowest BCUT2D eigenvalue weighted by atomic mass is 10.1. The average molecular weight is 229 g/mol. The summed E-state index contributed by atoms with van der Waals surface area (Å²) in [6.45, 7) is 2.10. The molecule has 1 aromatic heterocycles. The summed E-state index contributed by atoms with van der Waals surface area (Å²) >= 11 is 0. The van der Waals surface area contributed by atoms with Crippen LogP contribution in [0.3, 0.4) is 0 Å². The van der Waals surface area contributed by atoms with Gasteiger partial charge in [-0.1, -0.05) is 25.1 Å². The van der Waals surface area contributed by atoms with Gasteiger partial charge in [-0.05, 0) is 18.1 Å². The molecule has 88 valence electrons. The molecule has 0 spiro atoms. The molecule has 2 aromatic rings. The minimum absolute atomic E-state index is 0.168. The number of nitrogens with one attached hydrogen (secondary N) is 1. The average Bonchev–Trinajstić information content (AvgIpc) is 2.28. The molecule has 0 aliphatic carbocycles. The first-order chi connectivity index (χ1) is 8.19. The van der Waals surface area contributed by atoms with Gasteiger partial charge in [0.15, 0.2) is 0 Å². The normalized spacial score (nSPS) is 10.2. The molecule has 0 atom stereocenters. The van der Waals surface area contributed by atoms with Crippen LogP contribution in [0.4, 0.5) is 23.3 Å². The molecule has 5 heteroatoms. The molecule has 0 unspecified atom stereocenters. The third kappa shape index (κ3) is 2.63. The Hall–Kier alpha value is -2.30. The van der Waals surface area contributed by atoms with Crippen LogP contribution in [0.15, 0.2) is 30.3 Å². The van der Waals surface area contributed by atoms with Gasteiger partial charge in [0.2, 0.25) is 5.95 Å². The number of hydrogen-bond acceptors (Lipinski definition) is 5. The van der Waals surface area contributed by atoms with Crippen molar-refractivity contribution in [2.24, 2.45) is 0 Å². The van der Waals surface area contributed by atoms with E-state index in [1.807, 2.05) is 18.2 Å². The van der Waals surface area contributed by atoms with E-state index in [4.69, 9.17) is 11.5 Å². The molecular formula is C12H15N5. The van der Waals surface area contributed by atoms with Crippen molar-refractivity contribution >= 4 is 23.3 Å². The quantitative estimate of drug-likeness (QED) is 0.748. The predicted octanol–water partition coefficient (Wildman–Crippen LogP) is 1.95. The Bertz CT molecular complexity index is 504. The van der Waals surface area contributed by atoms with E-state index < -0.39 is 0 Å². The van der Waals surface area contributed by atoms with Crippen LogP contribution in [0.1, 0.15) is 12.5 Å². The lowest BCUT2D eigenvalue weighted by Crippen LogP contribution is -2.03. The van der Waals surface area contributed by atoms with E-state index in [1.54, 1.807) is 6.07 Å². The van der Waals surface area contributed by atoms with Crippen LogP contribution in [0, 0.1) is 0 Å². The highest BCUT2D eigenvalue weighted by molar-refractivity contribution is 5.63. The second-order valence-electron chi connectivity index (χ2n) is 3.67. The monoisotopic (exact) mass is 229 g/mol. The molecule has 0 fully saturated rings. The minimum atomic E-state index is 0.168. The van der Waals surface area contributed by atoms with Gasteiger partial charge in [0.1, 0.15) is 11.6 Å². The number of para-hydroxylation sites is 1. The predicted molar refractivity (Wildman–Crippen MR) is 70.0 cm³/mol. The fraction of sp³-hybridized carbons (Fsp3) is 0.167. The van der Waals surface area contributed by atoms with Gasteiger partial charge in [-0.25, -0.2) is 0 Å². The summed E-state index contributed by atoms with van der Waals surface area (Å²) in [6, 6.07) is 9.69. The largest absolute Gasteiger partial charge is 0.383 e. The number of aromatic nitrogens is 2. The summed E-state index contributed by atoms with van der Waals surface area (Å²) in [4.78, 5) is 7.90. The molecule has 0 bridgehead atoms. The Morgan fingerprint density at radius 1 is 1.18 bits per heavy atom. The molecule has 1 heterocycles. The maximum atomic E-state index is 5.61. The first-order valence-corrected chi connectivity index (χ1v) is 5.44. The van der Waals surface area contributed by atoms with Crippen molar-refractivity contribution in [1.82, 2.24) is 9.97 Å². The molecular weight excluding hydrogens is 214 g/mol. The standard InChI is InChI=1S/C12H15N5/c1-2-8-5-3-4-6-9(8)15-11-7-10(13)16-12(14)17-11/h3-7H,2H2,1H3,(H5,13,14,15,16,17). The van der Waals surface area contributed by atoms with Crippen molar-refractivity contribution in [2.75, 3.05) is 16.8 Å². The van der Waals surface area contributed by atoms with E-state index >= 15 is 0 Å². The van der Waals surface area contributed by atoms with Crippen molar-refractivity contribution in [2.45, 2.75) is 13.3 Å². The number of nitrogens with zero attached hydrogens (tertiary/aromatic N) is 2. The Kier molecular flexibility index (Phi) is 3.09. The van der Waals surface area contributed by atoms with Gasteiger partial charge in [0, 0.05) is 11.8 Å². The van der Waals surface area contributed by atoms with Crippen molar-refractivity contribution < 1.29 is 0 Å². The van der Waals surface area contributed by atoms with Gasteiger partial charge in [0.25, 0.3) is 0 Å². The molecule has 0 aliphatic rings. The van der Waals surface area contributed by atoms with Gasteiger partial charge in [0.05, 0.1) is 0 Å². The highest BCUT2D eigenvalue weighted by Crippen LogP contribution is 2.21. The van der Waals surface area contributed by atoms with E-state index in [0.717, 1.165) is 12.1 Å². The SMILES string of the molecule is CCc1ccccc1Nc1cc(N)nc(N)n1. The van der Waals surface area contributed by atoms with Crippen LogP contribution in [0.5, 0.6) is 0 Å². The lowest BCUT2D eigenvalue weighted by Gasteiger charge is -2.10. The van der Waals surface area contributed by atoms with E-state index in [0.29, 0.717) is 11.6 Å². The summed E-state index contributed by atoms with van der Waals surface area (Å²) in [7, 11) is 0. The Balaban J connectivity index is 2.31. The van der Waals surface area contributed by atoms with Crippen molar-refractivity contribution in [3.05, 3.63) is 35.9 Å². The molecule has 0 radical (unpaired) electrons. The maximum Gasteiger partial charge on any atom is 0.223 e. The molecule has 5 N–H and O–H groups in total. The second kappa shape index (κ2) is 4.69. The number of nitrogens with two attached hydrogens (primary N) is 2. The highest BCUT2D eigenvalue weighted by Gasteiger charge is 2.03. The molecule has 17 heavy (non-hydrogen) atoms. The zero-order chi connectivity index (χ0) is 12.3. The van der Waals surface area contributed by atoms with Crippen LogP contribution >= 0.6 is 0 Å². The fourth-order valence-corrected chi connectivity index (χ4v) is 1.64. The molecule has 2 rings (SSSR count). The van der Waals surface area contributed by atoms with Crippen LogP contribution in [0.2, 0.25) is 0 Å². The number of aryl methyl sites for hydroxylation is 1. The summed E-state index contributed by atoms with van der Waals surface area (Å²) in [5, 5.41) is 3.19. The molecule has 1 aromatic carbocycles. The van der Waals surface area contributed by atoms with Gasteiger partial charge in [-0.3, -0.25) is 0 Å². The molecule has 0 aliphatic heterocycles. The zero-order valence-corrected chi connectivity index (χ0v) is 9.64. The van der Waals surface area contributed by atoms with Gasteiger partial charge in [-0.2, -0.15) is 9.97 Å². The maximum absolute atomic E-state index is 5.61. The van der Waals surface area contributed by atoms with Gasteiger partial charge >= 0.3 is 0 Å². The summed E-state index contributed by atoms with van der Waals surface area (Å²) in [5.74, 6) is 1.13. The second-order valence-corrected chi connectivity index (χ2v) is 3.67. The smallest absolute Gasteiger partial charge is 0.223 e. The summed E-state index contributed by atoms with van der Waals surface area (Å²) in [6.07, 6.45) is 0.944. The molecule has 0 saturated carbocycles. The Labute approximate surface area is 99.9 Å². The zero-order valence-electron chi connectivity index (χ0n) is 9.64. The number of anilines is 4. The van der Waals surface area contributed by atoms with Crippen LogP contribution in [0.25, 0.3) is 0 Å². The summed E-state index contributed by atoms with van der Waals surface area (Å²) < 4.78 is 0. The molecule has 0 amide bonds. The minimum Gasteiger partial charge on any atom is -0.383 e. The lowest BCUT2D eigenvalue weighted by molar-refractivity contribution is 1.13. The fourth-order valence-electron chi connectivity index (χ4n) is 1.64. The van der Waals surface area contributed by atoms with E-state index in [9.17, 15) is 0 Å². The molecule has 0 saturated heterocycles. The summed E-state index contributed by atoms with van der Waals surface area (Å²) in [5.41, 5.74) is 13.4. The topological polar surface area (TPSA) is 89.8 Å². The van der Waals surface area contributed by atoms with Crippen molar-refractivity contribution in [3.63, 3.8) is 0 Å². The van der Waals surface area contributed by atoms with E-state index in [-0.39, 0.29) is 5.95 Å². The van der Waals surface area contributed by atoms with Crippen molar-refractivity contribution in [1.29, 1.82) is 0 Å². The van der Waals surface area contributed by atoms with E-state index in [1.165, 1.54) is 5.56 Å². The number of benzene rings is 1. The Morgan fingerprint density at radius 3 is 2.65 bits per heavy atom. The van der Waals surface area contributed by atoms with Crippen LogP contribution < -0.4 is 16.8 Å². The third-order valence-electron chi connectivity index (χ3n) is 2.42. The van der Waals surface area contributed by atoms with Crippen LogP contribution in [-0.4, -0.2) is 9.97 Å². The van der Waals surface area contributed by atoms with Crippen molar-refractivity contribution in [3.8, 4) is 0 Å². The third-order valence-corrected chi connectivity index (χ3v) is 2.42. The molecule has 5 nitrogen and oxygen atoms in total.